The minimum absolute atomic E-state index is 0.306. The molecule has 6 heteroatoms. The van der Waals surface area contributed by atoms with E-state index in [0.717, 1.165) is 11.4 Å². The molecule has 0 radical (unpaired) electrons. The summed E-state index contributed by atoms with van der Waals surface area (Å²) in [5.41, 5.74) is 2.25. The number of nitrogens with zero attached hydrogens (tertiary/aromatic N) is 2. The fraction of sp³-hybridized carbons (Fsp3) is 0.312. The maximum absolute atomic E-state index is 12.0. The van der Waals surface area contributed by atoms with Crippen LogP contribution in [0.15, 0.2) is 36.5 Å². The Bertz CT molecular complexity index is 662. The molecule has 0 saturated heterocycles. The minimum atomic E-state index is -0.819. The number of ether oxygens (including phenoxy) is 1. The van der Waals surface area contributed by atoms with E-state index >= 15 is 0 Å². The summed E-state index contributed by atoms with van der Waals surface area (Å²) in [5.74, 6) is -0.831. The van der Waals surface area contributed by atoms with Gasteiger partial charge < -0.3 is 10.1 Å². The van der Waals surface area contributed by atoms with Crippen LogP contribution in [0.5, 0.6) is 0 Å². The van der Waals surface area contributed by atoms with Crippen LogP contribution in [-0.4, -0.2) is 34.3 Å². The van der Waals surface area contributed by atoms with Crippen LogP contribution >= 0.6 is 0 Å². The third-order valence-electron chi connectivity index (χ3n) is 3.18. The van der Waals surface area contributed by atoms with Crippen molar-refractivity contribution in [2.45, 2.75) is 26.9 Å². The second-order valence-electron chi connectivity index (χ2n) is 4.87. The lowest BCUT2D eigenvalue weighted by atomic mass is 10.2. The topological polar surface area (TPSA) is 73.2 Å². The summed E-state index contributed by atoms with van der Waals surface area (Å²) in [6.45, 7) is 5.80. The van der Waals surface area contributed by atoms with Gasteiger partial charge in [0.25, 0.3) is 5.91 Å². The van der Waals surface area contributed by atoms with Crippen LogP contribution < -0.4 is 5.32 Å². The van der Waals surface area contributed by atoms with Crippen molar-refractivity contribution in [3.63, 3.8) is 0 Å². The summed E-state index contributed by atoms with van der Waals surface area (Å²) < 4.78 is 6.90. The molecule has 0 fully saturated rings. The molecule has 116 valence electrons. The van der Waals surface area contributed by atoms with Crippen molar-refractivity contribution in [1.29, 1.82) is 0 Å². The first kappa shape index (κ1) is 15.8. The summed E-state index contributed by atoms with van der Waals surface area (Å²) in [5, 5.41) is 6.81. The van der Waals surface area contributed by atoms with Gasteiger partial charge in [0.1, 0.15) is 0 Å². The highest BCUT2D eigenvalue weighted by Gasteiger charge is 2.18. The second-order valence-corrected chi connectivity index (χ2v) is 4.87. The molecular weight excluding hydrogens is 282 g/mol. The highest BCUT2D eigenvalue weighted by molar-refractivity contribution is 5.92. The van der Waals surface area contributed by atoms with E-state index in [2.05, 4.69) is 10.4 Å². The van der Waals surface area contributed by atoms with E-state index in [1.165, 1.54) is 0 Å². The third kappa shape index (κ3) is 3.52. The maximum atomic E-state index is 12.0. The zero-order chi connectivity index (χ0) is 16.1. The van der Waals surface area contributed by atoms with E-state index in [4.69, 9.17) is 4.74 Å². The lowest BCUT2D eigenvalue weighted by molar-refractivity contribution is -0.128. The van der Waals surface area contributed by atoms with Crippen molar-refractivity contribution in [3.8, 4) is 5.69 Å². The van der Waals surface area contributed by atoms with Crippen molar-refractivity contribution in [3.05, 3.63) is 47.8 Å². The molecule has 1 atom stereocenters. The molecule has 0 spiro atoms. The normalized spacial score (nSPS) is 11.8. The molecule has 0 unspecified atom stereocenters. The fourth-order valence-electron chi connectivity index (χ4n) is 1.98. The molecule has 0 aliphatic carbocycles. The van der Waals surface area contributed by atoms with E-state index < -0.39 is 12.1 Å². The molecule has 1 aromatic heterocycles. The molecule has 22 heavy (non-hydrogen) atoms. The number of benzene rings is 1. The summed E-state index contributed by atoms with van der Waals surface area (Å²) in [7, 11) is 0. The minimum Gasteiger partial charge on any atom is -0.449 e. The number of rotatable bonds is 5. The van der Waals surface area contributed by atoms with Crippen molar-refractivity contribution in [2.24, 2.45) is 0 Å². The number of hydrogen-bond donors (Lipinski definition) is 1. The average Bonchev–Trinajstić information content (AvgIpc) is 2.93. The van der Waals surface area contributed by atoms with Crippen LogP contribution in [0.4, 0.5) is 0 Å². The molecular formula is C16H19N3O3. The molecule has 2 rings (SSSR count). The van der Waals surface area contributed by atoms with Gasteiger partial charge in [0.05, 0.1) is 11.3 Å². The van der Waals surface area contributed by atoms with Crippen LogP contribution in [0.2, 0.25) is 0 Å². The lowest BCUT2D eigenvalue weighted by Crippen LogP contribution is -2.35. The molecule has 0 bridgehead atoms. The van der Waals surface area contributed by atoms with Gasteiger partial charge >= 0.3 is 5.97 Å². The lowest BCUT2D eigenvalue weighted by Gasteiger charge is -2.13. The average molecular weight is 301 g/mol. The Hall–Kier alpha value is -2.63. The molecule has 1 N–H and O–H groups in total. The summed E-state index contributed by atoms with van der Waals surface area (Å²) >= 11 is 0. The molecule has 1 heterocycles. The van der Waals surface area contributed by atoms with E-state index in [-0.39, 0.29) is 5.91 Å². The number of hydrogen-bond acceptors (Lipinski definition) is 4. The first-order valence-corrected chi connectivity index (χ1v) is 7.12. The Morgan fingerprint density at radius 3 is 2.50 bits per heavy atom. The van der Waals surface area contributed by atoms with Gasteiger partial charge in [-0.05, 0) is 51.1 Å². The van der Waals surface area contributed by atoms with Crippen LogP contribution in [0, 0.1) is 6.92 Å². The van der Waals surface area contributed by atoms with E-state index in [1.807, 2.05) is 19.9 Å². The summed E-state index contributed by atoms with van der Waals surface area (Å²) in [4.78, 5) is 23.6. The fourth-order valence-corrected chi connectivity index (χ4v) is 1.98. The number of carbonyl (C=O) groups excluding carboxylic acids is 2. The van der Waals surface area contributed by atoms with Gasteiger partial charge in [-0.1, -0.05) is 0 Å². The first-order chi connectivity index (χ1) is 10.5. The number of amides is 1. The zero-order valence-corrected chi connectivity index (χ0v) is 12.9. The van der Waals surface area contributed by atoms with Gasteiger partial charge in [-0.15, -0.1) is 0 Å². The van der Waals surface area contributed by atoms with E-state index in [9.17, 15) is 9.59 Å². The van der Waals surface area contributed by atoms with Crippen LogP contribution in [0.1, 0.15) is 29.9 Å². The van der Waals surface area contributed by atoms with Crippen LogP contribution in [0.25, 0.3) is 5.69 Å². The number of likely N-dealkylation sites (N-methyl/N-ethyl adjacent to an activating group) is 1. The Balaban J connectivity index is 2.06. The number of carbonyl (C=O) groups is 2. The van der Waals surface area contributed by atoms with Gasteiger partial charge in [0.2, 0.25) is 0 Å². The number of esters is 1. The standard InChI is InChI=1S/C16H19N3O3/c1-4-17-15(20)12(3)22-16(21)13-5-7-14(8-6-13)19-11(2)9-10-18-19/h5-10,12H,4H2,1-3H3,(H,17,20)/t12-/m0/s1. The third-order valence-corrected chi connectivity index (χ3v) is 3.18. The zero-order valence-electron chi connectivity index (χ0n) is 12.9. The smallest absolute Gasteiger partial charge is 0.338 e. The van der Waals surface area contributed by atoms with Crippen molar-refractivity contribution in [1.82, 2.24) is 15.1 Å². The SMILES string of the molecule is CCNC(=O)[C@H](C)OC(=O)c1ccc(-n2nccc2C)cc1. The molecule has 2 aromatic rings. The molecule has 0 aliphatic rings. The van der Waals surface area contributed by atoms with Gasteiger partial charge in [-0.3, -0.25) is 4.79 Å². The first-order valence-electron chi connectivity index (χ1n) is 7.12. The number of aryl methyl sites for hydroxylation is 1. The Kier molecular flexibility index (Phi) is 4.93. The highest BCUT2D eigenvalue weighted by Crippen LogP contribution is 2.12. The number of aromatic nitrogens is 2. The Morgan fingerprint density at radius 2 is 1.95 bits per heavy atom. The summed E-state index contributed by atoms with van der Waals surface area (Å²) in [6.07, 6.45) is 0.895. The highest BCUT2D eigenvalue weighted by atomic mass is 16.5. The largest absolute Gasteiger partial charge is 0.449 e. The molecule has 1 amide bonds. The van der Waals surface area contributed by atoms with E-state index in [0.29, 0.717) is 12.1 Å². The predicted molar refractivity (Wildman–Crippen MR) is 81.9 cm³/mol. The van der Waals surface area contributed by atoms with Crippen molar-refractivity contribution >= 4 is 11.9 Å². The Morgan fingerprint density at radius 1 is 1.27 bits per heavy atom. The van der Waals surface area contributed by atoms with Crippen LogP contribution in [0.3, 0.4) is 0 Å². The van der Waals surface area contributed by atoms with Gasteiger partial charge in [0.15, 0.2) is 6.10 Å². The monoisotopic (exact) mass is 301 g/mol. The molecule has 0 saturated carbocycles. The molecule has 1 aromatic carbocycles. The van der Waals surface area contributed by atoms with E-state index in [1.54, 1.807) is 42.1 Å². The van der Waals surface area contributed by atoms with Gasteiger partial charge in [0, 0.05) is 18.4 Å². The van der Waals surface area contributed by atoms with Crippen LogP contribution in [-0.2, 0) is 9.53 Å². The maximum Gasteiger partial charge on any atom is 0.338 e. The number of nitrogens with one attached hydrogen (secondary N) is 1. The van der Waals surface area contributed by atoms with Crippen molar-refractivity contribution < 1.29 is 14.3 Å². The van der Waals surface area contributed by atoms with Gasteiger partial charge in [-0.2, -0.15) is 5.10 Å². The predicted octanol–water partition coefficient (Wildman–Crippen LogP) is 1.86. The summed E-state index contributed by atoms with van der Waals surface area (Å²) in [6, 6.07) is 8.78. The Labute approximate surface area is 129 Å². The molecule has 0 aliphatic heterocycles. The quantitative estimate of drug-likeness (QED) is 0.856. The van der Waals surface area contributed by atoms with Gasteiger partial charge in [-0.25, -0.2) is 9.48 Å². The molecule has 6 nitrogen and oxygen atoms in total. The van der Waals surface area contributed by atoms with Crippen molar-refractivity contribution in [2.75, 3.05) is 6.54 Å². The second kappa shape index (κ2) is 6.89.